The molecule has 0 aromatic rings. The van der Waals surface area contributed by atoms with Gasteiger partial charge in [-0.2, -0.15) is 0 Å². The zero-order valence-corrected chi connectivity index (χ0v) is 11.8. The highest BCUT2D eigenvalue weighted by molar-refractivity contribution is 6.08. The highest BCUT2D eigenvalue weighted by atomic mass is 28.1. The lowest BCUT2D eigenvalue weighted by Gasteiger charge is -2.36. The second kappa shape index (κ2) is 6.78. The van der Waals surface area contributed by atoms with Gasteiger partial charge in [-0.15, -0.1) is 0 Å². The van der Waals surface area contributed by atoms with Crippen LogP contribution in [0, 0.1) is 0 Å². The smallest absolute Gasteiger partial charge is 0.411 e. The van der Waals surface area contributed by atoms with Gasteiger partial charge in [0.15, 0.2) is 0 Å². The van der Waals surface area contributed by atoms with Crippen molar-refractivity contribution >= 4 is 16.3 Å². The quantitative estimate of drug-likeness (QED) is 0.478. The minimum atomic E-state index is -1.29. The number of carbonyl (C=O) groups is 1. The fourth-order valence-corrected chi connectivity index (χ4v) is 2.18. The average Bonchev–Trinajstić information content (AvgIpc) is 2.28. The molecule has 7 heteroatoms. The van der Waals surface area contributed by atoms with Crippen molar-refractivity contribution in [2.24, 2.45) is 0 Å². The van der Waals surface area contributed by atoms with Gasteiger partial charge < -0.3 is 18.9 Å². The summed E-state index contributed by atoms with van der Waals surface area (Å²) in [5.41, 5.74) is 0. The zero-order valence-electron chi connectivity index (χ0n) is 9.83. The molecule has 0 aromatic carbocycles. The van der Waals surface area contributed by atoms with Crippen LogP contribution < -0.4 is 5.32 Å². The van der Waals surface area contributed by atoms with Crippen molar-refractivity contribution in [2.45, 2.75) is 18.1 Å². The molecule has 90 valence electrons. The predicted octanol–water partition coefficient (Wildman–Crippen LogP) is -0.912. The maximum absolute atomic E-state index is 11.1. The number of alkyl carbamates (subject to hydrolysis) is 1. The molecule has 0 radical (unpaired) electrons. The van der Waals surface area contributed by atoms with Gasteiger partial charge in [-0.3, -0.25) is 5.32 Å². The van der Waals surface area contributed by atoms with Gasteiger partial charge in [0, 0.05) is 31.6 Å². The Bertz CT molecular complexity index is 193. The molecule has 0 aliphatic heterocycles. The van der Waals surface area contributed by atoms with E-state index in [0.29, 0.717) is 0 Å². The number of ether oxygens (including phenoxy) is 4. The number of nitrogens with one attached hydrogen (secondary N) is 1. The highest BCUT2D eigenvalue weighted by Gasteiger charge is 2.41. The van der Waals surface area contributed by atoms with Crippen LogP contribution in [0.3, 0.4) is 0 Å². The van der Waals surface area contributed by atoms with Crippen LogP contribution in [0.2, 0.25) is 6.04 Å². The fraction of sp³-hybridized carbons (Fsp3) is 0.875. The van der Waals surface area contributed by atoms with Gasteiger partial charge in [0.05, 0.1) is 7.11 Å². The molecule has 0 rings (SSSR count). The van der Waals surface area contributed by atoms with E-state index >= 15 is 0 Å². The van der Waals surface area contributed by atoms with Crippen LogP contribution in [0.5, 0.6) is 0 Å². The van der Waals surface area contributed by atoms with E-state index in [1.54, 1.807) is 0 Å². The molecule has 0 saturated carbocycles. The molecular weight excluding hydrogens is 218 g/mol. The Morgan fingerprint density at radius 1 is 1.33 bits per heavy atom. The summed E-state index contributed by atoms with van der Waals surface area (Å²) in [6, 6.07) is 0.752. The Morgan fingerprint density at radius 2 is 1.87 bits per heavy atom. The molecule has 1 N–H and O–H groups in total. The highest BCUT2D eigenvalue weighted by Crippen LogP contribution is 2.18. The average molecular weight is 237 g/mol. The molecule has 0 aliphatic rings. The first-order valence-corrected chi connectivity index (χ1v) is 6.00. The van der Waals surface area contributed by atoms with Gasteiger partial charge in [0.25, 0.3) is 5.91 Å². The van der Waals surface area contributed by atoms with Crippen molar-refractivity contribution in [2.75, 3.05) is 28.4 Å². The second-order valence-electron chi connectivity index (χ2n) is 2.82. The van der Waals surface area contributed by atoms with E-state index in [4.69, 9.17) is 14.2 Å². The number of hydrogen-bond donors (Lipinski definition) is 1. The van der Waals surface area contributed by atoms with Gasteiger partial charge in [-0.1, -0.05) is 0 Å². The summed E-state index contributed by atoms with van der Waals surface area (Å²) < 4.78 is 20.0. The number of methoxy groups -OCH3 is 4. The summed E-state index contributed by atoms with van der Waals surface area (Å²) in [7, 11) is 6.57. The minimum Gasteiger partial charge on any atom is -0.453 e. The molecule has 0 saturated heterocycles. The van der Waals surface area contributed by atoms with Crippen LogP contribution in [0.4, 0.5) is 4.79 Å². The standard InChI is InChI=1S/C8H19NO5Si/c1-11-6(5-15)8(13-3,14-4)9-7(10)12-2/h6H,5H2,1-4,15H3,(H,9,10). The van der Waals surface area contributed by atoms with Crippen molar-refractivity contribution in [1.29, 1.82) is 0 Å². The molecule has 0 bridgehead atoms. The molecule has 1 unspecified atom stereocenters. The Hall–Kier alpha value is -0.633. The van der Waals surface area contributed by atoms with Gasteiger partial charge >= 0.3 is 6.09 Å². The van der Waals surface area contributed by atoms with E-state index in [9.17, 15) is 4.79 Å². The van der Waals surface area contributed by atoms with Crippen LogP contribution in [0.15, 0.2) is 0 Å². The van der Waals surface area contributed by atoms with Crippen molar-refractivity contribution < 1.29 is 23.7 Å². The van der Waals surface area contributed by atoms with E-state index < -0.39 is 12.0 Å². The van der Waals surface area contributed by atoms with Crippen molar-refractivity contribution in [3.05, 3.63) is 0 Å². The lowest BCUT2D eigenvalue weighted by atomic mass is 10.3. The summed E-state index contributed by atoms with van der Waals surface area (Å²) in [4.78, 5) is 11.1. The lowest BCUT2D eigenvalue weighted by molar-refractivity contribution is -0.272. The third-order valence-electron chi connectivity index (χ3n) is 2.15. The zero-order chi connectivity index (χ0) is 11.9. The molecule has 0 aromatic heterocycles. The SMILES string of the molecule is COC(=O)NC(OC)(OC)C(C[SiH3])OC. The monoisotopic (exact) mass is 237 g/mol. The lowest BCUT2D eigenvalue weighted by Crippen LogP contribution is -2.59. The molecule has 1 amide bonds. The largest absolute Gasteiger partial charge is 0.453 e. The van der Waals surface area contributed by atoms with Crippen LogP contribution in [0.25, 0.3) is 0 Å². The van der Waals surface area contributed by atoms with Crippen LogP contribution in [0.1, 0.15) is 0 Å². The number of rotatable bonds is 6. The normalized spacial score (nSPS) is 13.6. The molecule has 0 spiro atoms. The second-order valence-corrected chi connectivity index (χ2v) is 3.64. The predicted molar refractivity (Wildman–Crippen MR) is 57.8 cm³/mol. The van der Waals surface area contributed by atoms with Crippen LogP contribution >= 0.6 is 0 Å². The summed E-state index contributed by atoms with van der Waals surface area (Å²) in [5, 5.41) is 2.47. The number of amides is 1. The van der Waals surface area contributed by atoms with Gasteiger partial charge in [-0.25, -0.2) is 4.79 Å². The molecule has 15 heavy (non-hydrogen) atoms. The molecule has 0 aliphatic carbocycles. The van der Waals surface area contributed by atoms with Crippen molar-refractivity contribution in [1.82, 2.24) is 5.32 Å². The van der Waals surface area contributed by atoms with Crippen molar-refractivity contribution in [3.63, 3.8) is 0 Å². The Kier molecular flexibility index (Phi) is 6.49. The Labute approximate surface area is 92.6 Å². The van der Waals surface area contributed by atoms with E-state index in [1.807, 2.05) is 0 Å². The maximum atomic E-state index is 11.1. The fourth-order valence-electron chi connectivity index (χ4n) is 1.31. The summed E-state index contributed by atoms with van der Waals surface area (Å²) in [6.45, 7) is 0. The van der Waals surface area contributed by atoms with Gasteiger partial charge in [0.1, 0.15) is 6.10 Å². The topological polar surface area (TPSA) is 66.0 Å². The van der Waals surface area contributed by atoms with E-state index in [1.165, 1.54) is 28.4 Å². The molecule has 0 heterocycles. The molecule has 0 fully saturated rings. The van der Waals surface area contributed by atoms with E-state index in [2.05, 4.69) is 10.1 Å². The van der Waals surface area contributed by atoms with Crippen molar-refractivity contribution in [3.8, 4) is 0 Å². The molecular formula is C8H19NO5Si. The van der Waals surface area contributed by atoms with Crippen LogP contribution in [-0.4, -0.2) is 56.8 Å². The molecule has 1 atom stereocenters. The minimum absolute atomic E-state index is 0.363. The first-order valence-electron chi connectivity index (χ1n) is 4.59. The van der Waals surface area contributed by atoms with E-state index in [0.717, 1.165) is 16.3 Å². The summed E-state index contributed by atoms with van der Waals surface area (Å²) >= 11 is 0. The van der Waals surface area contributed by atoms with Crippen LogP contribution in [-0.2, 0) is 18.9 Å². The maximum Gasteiger partial charge on any atom is 0.411 e. The number of hydrogen-bond acceptors (Lipinski definition) is 5. The Morgan fingerprint density at radius 3 is 2.13 bits per heavy atom. The first-order chi connectivity index (χ1) is 7.10. The Balaban J connectivity index is 4.76. The van der Waals surface area contributed by atoms with Gasteiger partial charge in [-0.05, 0) is 6.04 Å². The van der Waals surface area contributed by atoms with Gasteiger partial charge in [0.2, 0.25) is 0 Å². The summed E-state index contributed by atoms with van der Waals surface area (Å²) in [6.07, 6.45) is -0.992. The molecule has 6 nitrogen and oxygen atoms in total. The summed E-state index contributed by atoms with van der Waals surface area (Å²) in [5.74, 6) is -1.29. The van der Waals surface area contributed by atoms with E-state index in [-0.39, 0.29) is 6.10 Å². The third kappa shape index (κ3) is 3.45. The number of carbonyl (C=O) groups excluding carboxylic acids is 1. The third-order valence-corrected chi connectivity index (χ3v) is 2.89. The first kappa shape index (κ1) is 14.4.